The van der Waals surface area contributed by atoms with Gasteiger partial charge in [-0.05, 0) is 56.0 Å². The van der Waals surface area contributed by atoms with E-state index in [2.05, 4.69) is 4.98 Å². The Morgan fingerprint density at radius 1 is 1.17 bits per heavy atom. The number of anilines is 1. The predicted octanol–water partition coefficient (Wildman–Crippen LogP) is 3.78. The number of nitrogens with zero attached hydrogens (tertiary/aromatic N) is 3. The summed E-state index contributed by atoms with van der Waals surface area (Å²) in [7, 11) is -7.30. The average Bonchev–Trinajstić information content (AvgIpc) is 3.62. The van der Waals surface area contributed by atoms with E-state index in [9.17, 15) is 21.6 Å². The minimum Gasteiger partial charge on any atom is -0.376 e. The van der Waals surface area contributed by atoms with E-state index in [4.69, 9.17) is 16.3 Å². The highest BCUT2D eigenvalue weighted by molar-refractivity contribution is 7.91. The molecular weight excluding hydrogens is 566 g/mol. The van der Waals surface area contributed by atoms with Crippen LogP contribution in [0.25, 0.3) is 10.2 Å². The van der Waals surface area contributed by atoms with E-state index in [-0.39, 0.29) is 34.2 Å². The predicted molar refractivity (Wildman–Crippen MR) is 140 cm³/mol. The molecule has 2 aromatic heterocycles. The van der Waals surface area contributed by atoms with E-state index in [1.165, 1.54) is 38.7 Å². The number of sulfone groups is 1. The summed E-state index contributed by atoms with van der Waals surface area (Å²) in [6.07, 6.45) is 3.57. The average molecular weight is 590 g/mol. The molecule has 0 bridgehead atoms. The van der Waals surface area contributed by atoms with Crippen LogP contribution < -0.4 is 4.90 Å². The fourth-order valence-electron chi connectivity index (χ4n) is 4.50. The highest BCUT2D eigenvalue weighted by atomic mass is 35.5. The van der Waals surface area contributed by atoms with Crippen molar-refractivity contribution in [2.45, 2.75) is 46.9 Å². The number of carbonyl (C=O) groups excluding carboxylic acids is 1. The van der Waals surface area contributed by atoms with Crippen molar-refractivity contribution in [3.8, 4) is 0 Å². The van der Waals surface area contributed by atoms with Gasteiger partial charge in [0.1, 0.15) is 10.3 Å². The number of aromatic nitrogens is 1. The maximum atomic E-state index is 13.9. The molecule has 9 nitrogen and oxygen atoms in total. The van der Waals surface area contributed by atoms with Crippen LogP contribution in [-0.2, 0) is 29.4 Å². The number of thiophene rings is 1. The number of ether oxygens (including phenoxy) is 1. The van der Waals surface area contributed by atoms with Crippen molar-refractivity contribution < 1.29 is 26.4 Å². The number of thiazole rings is 1. The van der Waals surface area contributed by atoms with Gasteiger partial charge < -0.3 is 4.74 Å². The normalized spacial score (nSPS) is 21.4. The first-order chi connectivity index (χ1) is 17.0. The number of carbonyl (C=O) groups is 1. The second-order valence-corrected chi connectivity index (χ2v) is 15.7. The van der Waals surface area contributed by atoms with Gasteiger partial charge in [0.05, 0.1) is 32.1 Å². The zero-order valence-electron chi connectivity index (χ0n) is 19.3. The van der Waals surface area contributed by atoms with Crippen LogP contribution >= 0.6 is 34.3 Å². The molecule has 194 valence electrons. The molecule has 0 N–H and O–H groups in total. The summed E-state index contributed by atoms with van der Waals surface area (Å²) < 4.78 is 58.9. The largest absolute Gasteiger partial charge is 0.376 e. The third kappa shape index (κ3) is 5.06. The molecule has 0 aliphatic carbocycles. The first-order valence-electron chi connectivity index (χ1n) is 11.3. The van der Waals surface area contributed by atoms with Crippen molar-refractivity contribution in [3.05, 3.63) is 34.7 Å². The SMILES string of the molecule is CS(=O)(=O)c1ccc2nc(N(CC3CCCO3)C(=O)C3CCCN3S(=O)(=O)c3ccc(Cl)s3)sc2c1. The van der Waals surface area contributed by atoms with Crippen molar-refractivity contribution >= 4 is 75.4 Å². The summed E-state index contributed by atoms with van der Waals surface area (Å²) in [5, 5.41) is 0.388. The highest BCUT2D eigenvalue weighted by Gasteiger charge is 2.43. The maximum Gasteiger partial charge on any atom is 0.253 e. The molecule has 1 aromatic carbocycles. The lowest BCUT2D eigenvalue weighted by atomic mass is 10.2. The van der Waals surface area contributed by atoms with E-state index in [1.54, 1.807) is 12.1 Å². The van der Waals surface area contributed by atoms with Crippen LogP contribution in [0.2, 0.25) is 4.34 Å². The number of hydrogen-bond acceptors (Lipinski definition) is 9. The van der Waals surface area contributed by atoms with E-state index in [1.807, 2.05) is 0 Å². The number of sulfonamides is 1. The molecule has 0 saturated carbocycles. The van der Waals surface area contributed by atoms with Crippen LogP contribution in [0.3, 0.4) is 0 Å². The summed E-state index contributed by atoms with van der Waals surface area (Å²) in [6.45, 7) is 1.08. The lowest BCUT2D eigenvalue weighted by Crippen LogP contribution is -2.49. The second-order valence-electron chi connectivity index (χ2n) is 8.81. The van der Waals surface area contributed by atoms with Crippen LogP contribution in [0.4, 0.5) is 5.13 Å². The Hall–Kier alpha value is -1.61. The van der Waals surface area contributed by atoms with Gasteiger partial charge in [-0.15, -0.1) is 11.3 Å². The number of fused-ring (bicyclic) bond motifs is 1. The van der Waals surface area contributed by atoms with Gasteiger partial charge in [-0.1, -0.05) is 22.9 Å². The topological polar surface area (TPSA) is 114 Å². The van der Waals surface area contributed by atoms with Crippen molar-refractivity contribution in [1.29, 1.82) is 0 Å². The number of halogens is 1. The van der Waals surface area contributed by atoms with E-state index in [0.29, 0.717) is 39.1 Å². The second kappa shape index (κ2) is 9.93. The highest BCUT2D eigenvalue weighted by Crippen LogP contribution is 2.36. The number of rotatable bonds is 7. The van der Waals surface area contributed by atoms with Gasteiger partial charge in [-0.25, -0.2) is 21.8 Å². The lowest BCUT2D eigenvalue weighted by molar-refractivity contribution is -0.122. The van der Waals surface area contributed by atoms with Crippen molar-refractivity contribution in [2.75, 3.05) is 30.9 Å². The third-order valence-corrected chi connectivity index (χ3v) is 12.0. The van der Waals surface area contributed by atoms with E-state index in [0.717, 1.165) is 30.4 Å². The summed E-state index contributed by atoms with van der Waals surface area (Å²) in [5.74, 6) is -0.364. The van der Waals surface area contributed by atoms with Crippen LogP contribution in [0.5, 0.6) is 0 Å². The summed E-state index contributed by atoms with van der Waals surface area (Å²) in [4.78, 5) is 20.2. The molecule has 1 amide bonds. The summed E-state index contributed by atoms with van der Waals surface area (Å²) >= 11 is 8.15. The van der Waals surface area contributed by atoms with Gasteiger partial charge >= 0.3 is 0 Å². The Morgan fingerprint density at radius 3 is 2.64 bits per heavy atom. The first-order valence-corrected chi connectivity index (χ1v) is 16.7. The molecule has 3 aromatic rings. The Labute approximate surface area is 222 Å². The maximum absolute atomic E-state index is 13.9. The van der Waals surface area contributed by atoms with Crippen LogP contribution in [-0.4, -0.2) is 70.1 Å². The van der Waals surface area contributed by atoms with Gasteiger partial charge in [0.25, 0.3) is 10.0 Å². The number of amides is 1. The number of hydrogen-bond donors (Lipinski definition) is 0. The molecule has 2 fully saturated rings. The van der Waals surface area contributed by atoms with Gasteiger partial charge in [0, 0.05) is 19.4 Å². The Kier molecular flexibility index (Phi) is 7.18. The zero-order chi connectivity index (χ0) is 25.7. The molecule has 2 unspecified atom stereocenters. The first kappa shape index (κ1) is 26.0. The van der Waals surface area contributed by atoms with Crippen molar-refractivity contribution in [3.63, 3.8) is 0 Å². The van der Waals surface area contributed by atoms with Crippen molar-refractivity contribution in [1.82, 2.24) is 9.29 Å². The number of benzene rings is 1. The Morgan fingerprint density at radius 2 is 1.97 bits per heavy atom. The van der Waals surface area contributed by atoms with E-state index < -0.39 is 25.9 Å². The van der Waals surface area contributed by atoms with Gasteiger partial charge in [-0.3, -0.25) is 9.69 Å². The smallest absolute Gasteiger partial charge is 0.253 e. The summed E-state index contributed by atoms with van der Waals surface area (Å²) in [6, 6.07) is 6.77. The van der Waals surface area contributed by atoms with Crippen LogP contribution in [0, 0.1) is 0 Å². The molecule has 5 rings (SSSR count). The van der Waals surface area contributed by atoms with E-state index >= 15 is 0 Å². The quantitative estimate of drug-likeness (QED) is 0.412. The lowest BCUT2D eigenvalue weighted by Gasteiger charge is -2.29. The molecular formula is C22H24ClN3O6S4. The molecule has 2 aliphatic heterocycles. The molecule has 2 saturated heterocycles. The third-order valence-electron chi connectivity index (χ3n) is 6.28. The fourth-order valence-corrected chi connectivity index (χ4v) is 9.50. The standard InChI is InChI=1S/C22H24ClN3O6S4/c1-35(28,29)15-6-7-16-18(12-15)33-22(24-16)25(13-14-4-3-11-32-14)21(27)17-5-2-10-26(17)36(30,31)20-9-8-19(23)34-20/h6-9,12,14,17H,2-5,10-11,13H2,1H3. The minimum absolute atomic E-state index is 0.103. The molecule has 2 aliphatic rings. The van der Waals surface area contributed by atoms with Crippen molar-refractivity contribution in [2.24, 2.45) is 0 Å². The van der Waals surface area contributed by atoms with Crippen LogP contribution in [0.15, 0.2) is 39.4 Å². The van der Waals surface area contributed by atoms with Gasteiger partial charge in [0.15, 0.2) is 15.0 Å². The van der Waals surface area contributed by atoms with Crippen LogP contribution in [0.1, 0.15) is 25.7 Å². The Balaban J connectivity index is 1.50. The van der Waals surface area contributed by atoms with Gasteiger partial charge in [0.2, 0.25) is 5.91 Å². The molecule has 4 heterocycles. The monoisotopic (exact) mass is 589 g/mol. The molecule has 36 heavy (non-hydrogen) atoms. The minimum atomic E-state index is -3.90. The molecule has 2 atom stereocenters. The molecule has 0 spiro atoms. The molecule has 14 heteroatoms. The fraction of sp³-hybridized carbons (Fsp3) is 0.455. The summed E-state index contributed by atoms with van der Waals surface area (Å²) in [5.41, 5.74) is 0.566. The molecule has 0 radical (unpaired) electrons. The van der Waals surface area contributed by atoms with Gasteiger partial charge in [-0.2, -0.15) is 4.31 Å². The zero-order valence-corrected chi connectivity index (χ0v) is 23.3. The Bertz CT molecular complexity index is 1510.